The number of nitrogens with zero attached hydrogens (tertiary/aromatic N) is 1. The lowest BCUT2D eigenvalue weighted by molar-refractivity contribution is -0.147. The first-order chi connectivity index (χ1) is 9.13. The van der Waals surface area contributed by atoms with Gasteiger partial charge in [-0.1, -0.05) is 25.0 Å². The minimum absolute atomic E-state index is 0.0314. The number of anilines is 1. The lowest BCUT2D eigenvalue weighted by Gasteiger charge is -2.30. The number of ether oxygens (including phenoxy) is 1. The Labute approximate surface area is 115 Å². The molecule has 1 aromatic carbocycles. The van der Waals surface area contributed by atoms with Gasteiger partial charge in [0, 0.05) is 19.8 Å². The number of rotatable bonds is 3. The molecule has 0 heterocycles. The van der Waals surface area contributed by atoms with E-state index >= 15 is 0 Å². The summed E-state index contributed by atoms with van der Waals surface area (Å²) in [5.74, 6) is 0.294. The first-order valence-electron chi connectivity index (χ1n) is 6.98. The quantitative estimate of drug-likeness (QED) is 0.783. The molecule has 0 bridgehead atoms. The van der Waals surface area contributed by atoms with Crippen molar-refractivity contribution in [1.82, 2.24) is 0 Å². The third-order valence-corrected chi connectivity index (χ3v) is 4.11. The van der Waals surface area contributed by atoms with Crippen LogP contribution < -0.4 is 4.90 Å². The topological polar surface area (TPSA) is 29.5 Å². The molecule has 0 amide bonds. The second-order valence-corrected chi connectivity index (χ2v) is 5.51. The smallest absolute Gasteiger partial charge is 0.309 e. The standard InChI is InChI=1S/C16H23NO2/c1-17(2)13-10-8-12(9-11-13)14-6-4-5-7-15(14)16(18)19-3/h8-11,14-15H,4-7H2,1-3H3. The molecule has 3 heteroatoms. The zero-order chi connectivity index (χ0) is 13.8. The van der Waals surface area contributed by atoms with Crippen LogP contribution in [0.5, 0.6) is 0 Å². The van der Waals surface area contributed by atoms with E-state index < -0.39 is 0 Å². The summed E-state index contributed by atoms with van der Waals surface area (Å²) < 4.78 is 4.96. The maximum Gasteiger partial charge on any atom is 0.309 e. The van der Waals surface area contributed by atoms with Crippen LogP contribution in [-0.2, 0) is 9.53 Å². The van der Waals surface area contributed by atoms with E-state index in [4.69, 9.17) is 4.74 Å². The zero-order valence-electron chi connectivity index (χ0n) is 12.1. The number of hydrogen-bond donors (Lipinski definition) is 0. The second kappa shape index (κ2) is 6.09. The normalized spacial score (nSPS) is 22.9. The van der Waals surface area contributed by atoms with Crippen LogP contribution in [0.25, 0.3) is 0 Å². The Balaban J connectivity index is 2.19. The van der Waals surface area contributed by atoms with Gasteiger partial charge in [0.25, 0.3) is 0 Å². The van der Waals surface area contributed by atoms with Crippen molar-refractivity contribution >= 4 is 11.7 Å². The van der Waals surface area contributed by atoms with E-state index in [0.717, 1.165) is 19.3 Å². The number of benzene rings is 1. The van der Waals surface area contributed by atoms with Gasteiger partial charge in [-0.05, 0) is 36.5 Å². The van der Waals surface area contributed by atoms with Crippen molar-refractivity contribution < 1.29 is 9.53 Å². The van der Waals surface area contributed by atoms with Gasteiger partial charge in [0.2, 0.25) is 0 Å². The number of esters is 1. The lowest BCUT2D eigenvalue weighted by Crippen LogP contribution is -2.26. The molecule has 1 aliphatic rings. The fourth-order valence-corrected chi connectivity index (χ4v) is 2.98. The summed E-state index contributed by atoms with van der Waals surface area (Å²) in [5.41, 5.74) is 2.45. The number of hydrogen-bond acceptors (Lipinski definition) is 3. The van der Waals surface area contributed by atoms with Crippen molar-refractivity contribution in [3.63, 3.8) is 0 Å². The van der Waals surface area contributed by atoms with E-state index in [9.17, 15) is 4.79 Å². The van der Waals surface area contributed by atoms with Gasteiger partial charge < -0.3 is 9.64 Å². The van der Waals surface area contributed by atoms with Gasteiger partial charge in [0.15, 0.2) is 0 Å². The van der Waals surface area contributed by atoms with Gasteiger partial charge >= 0.3 is 5.97 Å². The Morgan fingerprint density at radius 3 is 2.37 bits per heavy atom. The van der Waals surface area contributed by atoms with E-state index in [1.54, 1.807) is 0 Å². The van der Waals surface area contributed by atoms with Gasteiger partial charge in [0.1, 0.15) is 0 Å². The molecule has 1 saturated carbocycles. The van der Waals surface area contributed by atoms with Gasteiger partial charge in [-0.25, -0.2) is 0 Å². The Kier molecular flexibility index (Phi) is 4.46. The highest BCUT2D eigenvalue weighted by Crippen LogP contribution is 2.38. The molecule has 0 spiro atoms. The molecule has 1 aliphatic carbocycles. The van der Waals surface area contributed by atoms with Crippen molar-refractivity contribution in [3.05, 3.63) is 29.8 Å². The first-order valence-corrected chi connectivity index (χ1v) is 6.98. The van der Waals surface area contributed by atoms with Gasteiger partial charge in [0.05, 0.1) is 13.0 Å². The maximum atomic E-state index is 11.9. The molecule has 104 valence electrons. The van der Waals surface area contributed by atoms with Crippen molar-refractivity contribution in [2.75, 3.05) is 26.1 Å². The van der Waals surface area contributed by atoms with E-state index in [1.165, 1.54) is 24.8 Å². The maximum absolute atomic E-state index is 11.9. The van der Waals surface area contributed by atoms with Crippen molar-refractivity contribution in [1.29, 1.82) is 0 Å². The van der Waals surface area contributed by atoms with Crippen LogP contribution in [0.2, 0.25) is 0 Å². The van der Waals surface area contributed by atoms with Crippen LogP contribution in [0.4, 0.5) is 5.69 Å². The number of methoxy groups -OCH3 is 1. The van der Waals surface area contributed by atoms with Crippen LogP contribution in [-0.4, -0.2) is 27.2 Å². The number of carbonyl (C=O) groups is 1. The summed E-state index contributed by atoms with van der Waals surface area (Å²) in [6, 6.07) is 8.55. The minimum Gasteiger partial charge on any atom is -0.469 e. The predicted molar refractivity (Wildman–Crippen MR) is 77.5 cm³/mol. The van der Waals surface area contributed by atoms with E-state index in [2.05, 4.69) is 29.2 Å². The van der Waals surface area contributed by atoms with Crippen LogP contribution >= 0.6 is 0 Å². The highest BCUT2D eigenvalue weighted by molar-refractivity contribution is 5.73. The Hall–Kier alpha value is -1.51. The van der Waals surface area contributed by atoms with Crippen LogP contribution in [0.1, 0.15) is 37.2 Å². The molecule has 1 fully saturated rings. The van der Waals surface area contributed by atoms with E-state index in [1.807, 2.05) is 14.1 Å². The number of carbonyl (C=O) groups excluding carboxylic acids is 1. The summed E-state index contributed by atoms with van der Waals surface area (Å²) >= 11 is 0. The molecular weight excluding hydrogens is 238 g/mol. The largest absolute Gasteiger partial charge is 0.469 e. The summed E-state index contributed by atoms with van der Waals surface area (Å²) in [6.45, 7) is 0. The molecule has 2 rings (SSSR count). The molecule has 1 aromatic rings. The Bertz CT molecular complexity index is 425. The van der Waals surface area contributed by atoms with Crippen molar-refractivity contribution in [3.8, 4) is 0 Å². The fraction of sp³-hybridized carbons (Fsp3) is 0.562. The molecular formula is C16H23NO2. The van der Waals surface area contributed by atoms with Crippen LogP contribution in [0.3, 0.4) is 0 Å². The zero-order valence-corrected chi connectivity index (χ0v) is 12.1. The molecule has 0 N–H and O–H groups in total. The minimum atomic E-state index is -0.0543. The first kappa shape index (κ1) is 13.9. The highest BCUT2D eigenvalue weighted by Gasteiger charge is 2.32. The summed E-state index contributed by atoms with van der Waals surface area (Å²) in [4.78, 5) is 14.0. The van der Waals surface area contributed by atoms with Crippen LogP contribution in [0, 0.1) is 5.92 Å². The average Bonchev–Trinajstić information content (AvgIpc) is 2.46. The molecule has 0 saturated heterocycles. The van der Waals surface area contributed by atoms with Crippen LogP contribution in [0.15, 0.2) is 24.3 Å². The monoisotopic (exact) mass is 261 g/mol. The third-order valence-electron chi connectivity index (χ3n) is 4.11. The summed E-state index contributed by atoms with van der Waals surface area (Å²) in [7, 11) is 5.56. The molecule has 0 aliphatic heterocycles. The molecule has 3 nitrogen and oxygen atoms in total. The van der Waals surface area contributed by atoms with Gasteiger partial charge in [-0.15, -0.1) is 0 Å². The lowest BCUT2D eigenvalue weighted by atomic mass is 9.75. The van der Waals surface area contributed by atoms with Gasteiger partial charge in [-0.2, -0.15) is 0 Å². The highest BCUT2D eigenvalue weighted by atomic mass is 16.5. The molecule has 2 atom stereocenters. The Morgan fingerprint density at radius 2 is 1.79 bits per heavy atom. The summed E-state index contributed by atoms with van der Waals surface area (Å²) in [5, 5.41) is 0. The SMILES string of the molecule is COC(=O)C1CCCCC1c1ccc(N(C)C)cc1. The van der Waals surface area contributed by atoms with E-state index in [0.29, 0.717) is 5.92 Å². The third kappa shape index (κ3) is 3.09. The summed E-state index contributed by atoms with van der Waals surface area (Å²) in [6.07, 6.45) is 4.37. The van der Waals surface area contributed by atoms with Crippen molar-refractivity contribution in [2.45, 2.75) is 31.6 Å². The molecule has 0 aromatic heterocycles. The van der Waals surface area contributed by atoms with Crippen molar-refractivity contribution in [2.24, 2.45) is 5.92 Å². The second-order valence-electron chi connectivity index (χ2n) is 5.51. The average molecular weight is 261 g/mol. The van der Waals surface area contributed by atoms with E-state index in [-0.39, 0.29) is 11.9 Å². The molecule has 2 unspecified atom stereocenters. The Morgan fingerprint density at radius 1 is 1.16 bits per heavy atom. The predicted octanol–water partition coefficient (Wildman–Crippen LogP) is 3.20. The molecule has 0 radical (unpaired) electrons. The fourth-order valence-electron chi connectivity index (χ4n) is 2.98. The molecule has 19 heavy (non-hydrogen) atoms. The van der Waals surface area contributed by atoms with Gasteiger partial charge in [-0.3, -0.25) is 4.79 Å².